The molecule has 18 heavy (non-hydrogen) atoms. The van der Waals surface area contributed by atoms with Crippen molar-refractivity contribution in [2.24, 2.45) is 7.05 Å². The molecule has 2 aromatic heterocycles. The minimum atomic E-state index is 0.265. The van der Waals surface area contributed by atoms with Crippen molar-refractivity contribution >= 4 is 11.8 Å². The molecule has 0 aromatic carbocycles. The molecule has 0 aliphatic rings. The summed E-state index contributed by atoms with van der Waals surface area (Å²) >= 11 is 1.57. The summed E-state index contributed by atoms with van der Waals surface area (Å²) in [5.41, 5.74) is 1.04. The first kappa shape index (κ1) is 13.0. The molecule has 1 atom stereocenters. The molecule has 0 bridgehead atoms. The highest BCUT2D eigenvalue weighted by Gasteiger charge is 2.08. The van der Waals surface area contributed by atoms with Crippen molar-refractivity contribution < 1.29 is 0 Å². The van der Waals surface area contributed by atoms with E-state index in [9.17, 15) is 0 Å². The number of aryl methyl sites for hydroxylation is 1. The van der Waals surface area contributed by atoms with Gasteiger partial charge in [0.05, 0.1) is 5.69 Å². The van der Waals surface area contributed by atoms with Crippen LogP contribution < -0.4 is 5.32 Å². The van der Waals surface area contributed by atoms with Gasteiger partial charge in [0.15, 0.2) is 5.16 Å². The van der Waals surface area contributed by atoms with E-state index >= 15 is 0 Å². The van der Waals surface area contributed by atoms with Gasteiger partial charge in [0.1, 0.15) is 5.82 Å². The second-order valence-electron chi connectivity index (χ2n) is 4.12. The molecule has 0 amide bonds. The van der Waals surface area contributed by atoms with E-state index in [1.54, 1.807) is 11.8 Å². The molecule has 0 aliphatic carbocycles. The highest BCUT2D eigenvalue weighted by molar-refractivity contribution is 7.99. The molecular weight excluding hydrogens is 246 g/mol. The van der Waals surface area contributed by atoms with E-state index in [0.29, 0.717) is 0 Å². The maximum Gasteiger partial charge on any atom is 0.195 e. The molecule has 0 spiro atoms. The predicted octanol–water partition coefficient (Wildman–Crippen LogP) is 1.95. The zero-order valence-corrected chi connectivity index (χ0v) is 11.8. The lowest BCUT2D eigenvalue weighted by Gasteiger charge is -2.09. The van der Waals surface area contributed by atoms with Crippen LogP contribution in [0.5, 0.6) is 0 Å². The van der Waals surface area contributed by atoms with Gasteiger partial charge in [-0.1, -0.05) is 0 Å². The molecule has 2 aromatic rings. The zero-order chi connectivity index (χ0) is 13.1. The van der Waals surface area contributed by atoms with Gasteiger partial charge in [0.2, 0.25) is 0 Å². The van der Waals surface area contributed by atoms with E-state index in [1.165, 1.54) is 0 Å². The fourth-order valence-corrected chi connectivity index (χ4v) is 2.24. The summed E-state index contributed by atoms with van der Waals surface area (Å²) < 4.78 is 1.97. The number of hydrogen-bond acceptors (Lipinski definition) is 5. The summed E-state index contributed by atoms with van der Waals surface area (Å²) in [5.74, 6) is 0.908. The van der Waals surface area contributed by atoms with Gasteiger partial charge < -0.3 is 9.88 Å². The molecule has 0 radical (unpaired) electrons. The number of nitrogens with zero attached hydrogens (tertiary/aromatic N) is 4. The largest absolute Gasteiger partial charge is 0.312 e. The Hall–Kier alpha value is -1.40. The zero-order valence-electron chi connectivity index (χ0n) is 11.0. The molecule has 1 N–H and O–H groups in total. The minimum Gasteiger partial charge on any atom is -0.312 e. The van der Waals surface area contributed by atoms with Gasteiger partial charge in [-0.2, -0.15) is 0 Å². The second kappa shape index (κ2) is 5.49. The van der Waals surface area contributed by atoms with Gasteiger partial charge in [-0.25, -0.2) is 0 Å². The lowest BCUT2D eigenvalue weighted by molar-refractivity contribution is 0.631. The second-order valence-corrected chi connectivity index (χ2v) is 5.16. The van der Waals surface area contributed by atoms with E-state index in [4.69, 9.17) is 0 Å². The topological polar surface area (TPSA) is 55.6 Å². The molecule has 96 valence electrons. The van der Waals surface area contributed by atoms with Crippen molar-refractivity contribution in [2.45, 2.75) is 29.9 Å². The van der Waals surface area contributed by atoms with E-state index in [0.717, 1.165) is 21.6 Å². The maximum absolute atomic E-state index is 4.44. The number of pyridine rings is 1. The van der Waals surface area contributed by atoms with Crippen LogP contribution in [0.1, 0.15) is 24.5 Å². The Labute approximate surface area is 111 Å². The standard InChI is InChI=1S/C12H17N5S/c1-8(13-3)11-6-5-10(7-14-11)18-12-16-15-9(2)17(12)4/h5-8,13H,1-4H3. The summed E-state index contributed by atoms with van der Waals surface area (Å²) in [7, 11) is 3.89. The molecule has 6 heteroatoms. The van der Waals surface area contributed by atoms with Crippen LogP contribution in [0.2, 0.25) is 0 Å². The third-order valence-corrected chi connectivity index (χ3v) is 3.91. The summed E-state index contributed by atoms with van der Waals surface area (Å²) in [6.45, 7) is 4.02. The number of nitrogens with one attached hydrogen (secondary N) is 1. The van der Waals surface area contributed by atoms with Crippen molar-refractivity contribution in [3.8, 4) is 0 Å². The van der Waals surface area contributed by atoms with Crippen LogP contribution in [-0.4, -0.2) is 26.8 Å². The molecule has 0 aliphatic heterocycles. The number of aromatic nitrogens is 4. The monoisotopic (exact) mass is 263 g/mol. The molecule has 5 nitrogen and oxygen atoms in total. The van der Waals surface area contributed by atoms with Crippen LogP contribution in [0, 0.1) is 6.92 Å². The summed E-state index contributed by atoms with van der Waals surface area (Å²) in [6, 6.07) is 4.36. The van der Waals surface area contributed by atoms with Crippen molar-refractivity contribution in [1.29, 1.82) is 0 Å². The average molecular weight is 263 g/mol. The van der Waals surface area contributed by atoms with E-state index in [-0.39, 0.29) is 6.04 Å². The first-order valence-corrected chi connectivity index (χ1v) is 6.60. The molecule has 2 rings (SSSR count). The average Bonchev–Trinajstić information content (AvgIpc) is 2.71. The van der Waals surface area contributed by atoms with Crippen LogP contribution in [0.25, 0.3) is 0 Å². The lowest BCUT2D eigenvalue weighted by Crippen LogP contribution is -2.13. The lowest BCUT2D eigenvalue weighted by atomic mass is 10.2. The van der Waals surface area contributed by atoms with Crippen LogP contribution in [0.3, 0.4) is 0 Å². The van der Waals surface area contributed by atoms with E-state index in [2.05, 4.69) is 33.5 Å². The summed E-state index contributed by atoms with van der Waals surface area (Å²) in [5, 5.41) is 12.2. The van der Waals surface area contributed by atoms with Crippen LogP contribution in [0.15, 0.2) is 28.4 Å². The smallest absolute Gasteiger partial charge is 0.195 e. The van der Waals surface area contributed by atoms with E-state index < -0.39 is 0 Å². The number of rotatable bonds is 4. The van der Waals surface area contributed by atoms with Crippen molar-refractivity contribution in [2.75, 3.05) is 7.05 Å². The molecule has 1 unspecified atom stereocenters. The summed E-state index contributed by atoms with van der Waals surface area (Å²) in [4.78, 5) is 5.51. The first-order chi connectivity index (χ1) is 8.61. The number of hydrogen-bond donors (Lipinski definition) is 1. The highest BCUT2D eigenvalue weighted by Crippen LogP contribution is 2.25. The van der Waals surface area contributed by atoms with Crippen molar-refractivity contribution in [3.63, 3.8) is 0 Å². The predicted molar refractivity (Wildman–Crippen MR) is 71.6 cm³/mol. The Morgan fingerprint density at radius 3 is 2.61 bits per heavy atom. The van der Waals surface area contributed by atoms with Gasteiger partial charge in [-0.15, -0.1) is 10.2 Å². The third-order valence-electron chi connectivity index (χ3n) is 2.90. The Morgan fingerprint density at radius 1 is 1.33 bits per heavy atom. The summed E-state index contributed by atoms with van der Waals surface area (Å²) in [6.07, 6.45) is 1.87. The Bertz CT molecular complexity index is 520. The van der Waals surface area contributed by atoms with Crippen LogP contribution >= 0.6 is 11.8 Å². The molecule has 0 saturated carbocycles. The molecule has 0 saturated heterocycles. The Morgan fingerprint density at radius 2 is 2.11 bits per heavy atom. The van der Waals surface area contributed by atoms with Crippen molar-refractivity contribution in [1.82, 2.24) is 25.1 Å². The Kier molecular flexibility index (Phi) is 3.98. The van der Waals surface area contributed by atoms with Gasteiger partial charge >= 0.3 is 0 Å². The quantitative estimate of drug-likeness (QED) is 0.913. The fourth-order valence-electron chi connectivity index (χ4n) is 1.44. The highest BCUT2D eigenvalue weighted by atomic mass is 32.2. The van der Waals surface area contributed by atoms with Crippen LogP contribution in [0.4, 0.5) is 0 Å². The maximum atomic E-state index is 4.44. The van der Waals surface area contributed by atoms with Crippen LogP contribution in [-0.2, 0) is 7.05 Å². The SMILES string of the molecule is CNC(C)c1ccc(Sc2nnc(C)n2C)cn1. The van der Waals surface area contributed by atoms with Crippen molar-refractivity contribution in [3.05, 3.63) is 29.8 Å². The molecular formula is C12H17N5S. The first-order valence-electron chi connectivity index (χ1n) is 5.79. The van der Waals surface area contributed by atoms with Gasteiger partial charge in [-0.05, 0) is 44.8 Å². The Balaban J connectivity index is 2.13. The fraction of sp³-hybridized carbons (Fsp3) is 0.417. The van der Waals surface area contributed by atoms with Gasteiger partial charge in [0.25, 0.3) is 0 Å². The van der Waals surface area contributed by atoms with E-state index in [1.807, 2.05) is 37.8 Å². The third kappa shape index (κ3) is 2.70. The van der Waals surface area contributed by atoms with Gasteiger partial charge in [0, 0.05) is 24.2 Å². The molecule has 2 heterocycles. The minimum absolute atomic E-state index is 0.265. The van der Waals surface area contributed by atoms with Gasteiger partial charge in [-0.3, -0.25) is 4.98 Å². The molecule has 0 fully saturated rings. The normalized spacial score (nSPS) is 12.7.